The molecule has 50 heavy (non-hydrogen) atoms. The number of benzene rings is 2. The summed E-state index contributed by atoms with van der Waals surface area (Å²) in [5.74, 6) is 0. The smallest absolute Gasteiger partial charge is 0.210 e. The standard InChI is InChI=1S/C48H76N2/c1-6-11-16-20-22-26-30-41-33-40(28-24-18-13-8-3)35-45(36-41)47-39-44(32-15-10-5)48(50(47)49)46-37-42(29-25-19-14-9-4)34-43(38-46)31-27-23-21-17-12-7-2/h33-39H,6-32H2,1-5H3. The molecule has 0 bridgehead atoms. The number of hydrogen-bond acceptors (Lipinski definition) is 0. The molecule has 3 rings (SSSR count). The summed E-state index contributed by atoms with van der Waals surface area (Å²) in [6, 6.07) is 14.6. The van der Waals surface area contributed by atoms with E-state index < -0.39 is 0 Å². The van der Waals surface area contributed by atoms with Gasteiger partial charge in [-0.2, -0.15) is 0 Å². The molecular weight excluding hydrogens is 605 g/mol. The highest BCUT2D eigenvalue weighted by Gasteiger charge is 2.29. The molecule has 0 radical (unpaired) electrons. The van der Waals surface area contributed by atoms with Crippen LogP contribution in [-0.2, 0) is 25.7 Å². The van der Waals surface area contributed by atoms with E-state index in [-0.39, 0.29) is 0 Å². The van der Waals surface area contributed by atoms with Gasteiger partial charge in [-0.3, -0.25) is 0 Å². The zero-order chi connectivity index (χ0) is 35.8. The molecule has 0 saturated carbocycles. The second kappa shape index (κ2) is 25.5. The lowest BCUT2D eigenvalue weighted by Gasteiger charge is -2.15. The molecule has 0 amide bonds. The van der Waals surface area contributed by atoms with Crippen LogP contribution in [0.5, 0.6) is 0 Å². The Morgan fingerprint density at radius 2 is 0.720 bits per heavy atom. The molecule has 0 aromatic heterocycles. The van der Waals surface area contributed by atoms with Crippen molar-refractivity contribution in [3.8, 4) is 0 Å². The van der Waals surface area contributed by atoms with Gasteiger partial charge in [-0.25, -0.2) is 4.70 Å². The molecule has 0 unspecified atom stereocenters. The van der Waals surface area contributed by atoms with E-state index in [0.717, 1.165) is 56.3 Å². The fourth-order valence-corrected chi connectivity index (χ4v) is 7.74. The van der Waals surface area contributed by atoms with Crippen LogP contribution in [0.1, 0.15) is 216 Å². The van der Waals surface area contributed by atoms with Crippen molar-refractivity contribution in [2.24, 2.45) is 0 Å². The summed E-state index contributed by atoms with van der Waals surface area (Å²) in [6.45, 7) is 11.5. The van der Waals surface area contributed by atoms with Crippen LogP contribution in [0.15, 0.2) is 48.0 Å². The highest BCUT2D eigenvalue weighted by atomic mass is 15.2. The van der Waals surface area contributed by atoms with Crippen LogP contribution in [0, 0.1) is 0 Å². The van der Waals surface area contributed by atoms with Crippen LogP contribution in [0.4, 0.5) is 0 Å². The van der Waals surface area contributed by atoms with Gasteiger partial charge in [0, 0.05) is 22.8 Å². The molecule has 278 valence electrons. The van der Waals surface area contributed by atoms with Gasteiger partial charge in [-0.15, -0.1) is 0 Å². The minimum Gasteiger partial charge on any atom is -0.493 e. The maximum absolute atomic E-state index is 12.2. The van der Waals surface area contributed by atoms with E-state index >= 15 is 0 Å². The van der Waals surface area contributed by atoms with E-state index in [0.29, 0.717) is 0 Å². The van der Waals surface area contributed by atoms with E-state index in [1.807, 2.05) is 0 Å². The molecular formula is C48H76N2. The number of rotatable bonds is 29. The zero-order valence-corrected chi connectivity index (χ0v) is 33.5. The second-order valence-electron chi connectivity index (χ2n) is 15.6. The molecule has 0 fully saturated rings. The van der Waals surface area contributed by atoms with Gasteiger partial charge in [0.2, 0.25) is 11.4 Å². The van der Waals surface area contributed by atoms with Crippen LogP contribution in [0.2, 0.25) is 0 Å². The molecule has 1 heterocycles. The zero-order valence-electron chi connectivity index (χ0n) is 33.5. The lowest BCUT2D eigenvalue weighted by atomic mass is 9.94. The quantitative estimate of drug-likeness (QED) is 0.0604. The fraction of sp³-hybridized carbons (Fsp3) is 0.667. The van der Waals surface area contributed by atoms with Crippen molar-refractivity contribution < 1.29 is 4.70 Å². The van der Waals surface area contributed by atoms with Gasteiger partial charge in [0.1, 0.15) is 0 Å². The molecule has 1 aliphatic heterocycles. The summed E-state index contributed by atoms with van der Waals surface area (Å²) in [4.78, 5) is 0. The Hall–Kier alpha value is -2.48. The summed E-state index contributed by atoms with van der Waals surface area (Å²) in [5, 5.41) is 0. The normalized spacial score (nSPS) is 13.1. The van der Waals surface area contributed by atoms with Gasteiger partial charge in [0.25, 0.3) is 0 Å². The van der Waals surface area contributed by atoms with Crippen LogP contribution in [-0.4, -0.2) is 4.70 Å². The van der Waals surface area contributed by atoms with Gasteiger partial charge in [0.15, 0.2) is 0 Å². The summed E-state index contributed by atoms with van der Waals surface area (Å²) >= 11 is 0. The Morgan fingerprint density at radius 3 is 1.12 bits per heavy atom. The van der Waals surface area contributed by atoms with Crippen LogP contribution < -0.4 is 0 Å². The molecule has 2 heteroatoms. The third-order valence-electron chi connectivity index (χ3n) is 10.8. The summed E-state index contributed by atoms with van der Waals surface area (Å²) in [6.07, 6.45) is 36.3. The molecule has 2 aromatic rings. The van der Waals surface area contributed by atoms with Crippen molar-refractivity contribution in [2.75, 3.05) is 0 Å². The molecule has 2 aromatic carbocycles. The molecule has 0 atom stereocenters. The van der Waals surface area contributed by atoms with Gasteiger partial charge in [-0.1, -0.05) is 156 Å². The Bertz CT molecular complexity index is 1310. The number of nitrogens with zero attached hydrogens (tertiary/aromatic N) is 2. The Morgan fingerprint density at radius 1 is 0.380 bits per heavy atom. The number of hydrogen-bond donors (Lipinski definition) is 0. The monoisotopic (exact) mass is 681 g/mol. The molecule has 0 N–H and O–H groups in total. The maximum Gasteiger partial charge on any atom is 0.210 e. The molecule has 2 nitrogen and oxygen atoms in total. The topological polar surface area (TPSA) is 25.3 Å². The second-order valence-corrected chi connectivity index (χ2v) is 15.6. The predicted octanol–water partition coefficient (Wildman–Crippen LogP) is 15.7. The summed E-state index contributed by atoms with van der Waals surface area (Å²) in [5.41, 5.74) is 23.6. The minimum absolute atomic E-state index is 0.969. The summed E-state index contributed by atoms with van der Waals surface area (Å²) < 4.78 is 1.58. The number of allylic oxidation sites excluding steroid dienone is 2. The molecule has 0 spiro atoms. The highest BCUT2D eigenvalue weighted by molar-refractivity contribution is 5.79. The van der Waals surface area contributed by atoms with Crippen molar-refractivity contribution in [3.05, 3.63) is 87.0 Å². The Kier molecular flexibility index (Phi) is 21.4. The van der Waals surface area contributed by atoms with E-state index in [2.05, 4.69) is 77.1 Å². The van der Waals surface area contributed by atoms with Gasteiger partial charge >= 0.3 is 0 Å². The maximum atomic E-state index is 12.2. The van der Waals surface area contributed by atoms with Crippen molar-refractivity contribution in [3.63, 3.8) is 0 Å². The average molecular weight is 681 g/mol. The predicted molar refractivity (Wildman–Crippen MR) is 221 cm³/mol. The molecule has 1 aliphatic rings. The van der Waals surface area contributed by atoms with Crippen LogP contribution in [0.3, 0.4) is 0 Å². The van der Waals surface area contributed by atoms with Crippen molar-refractivity contribution in [2.45, 2.75) is 208 Å². The lowest BCUT2D eigenvalue weighted by Crippen LogP contribution is -2.05. The third-order valence-corrected chi connectivity index (χ3v) is 10.8. The van der Waals surface area contributed by atoms with Crippen molar-refractivity contribution in [1.29, 1.82) is 0 Å². The van der Waals surface area contributed by atoms with E-state index in [1.54, 1.807) is 4.70 Å². The molecule has 0 aliphatic carbocycles. The minimum atomic E-state index is 0.969. The van der Waals surface area contributed by atoms with Gasteiger partial charge in [-0.05, 0) is 111 Å². The van der Waals surface area contributed by atoms with E-state index in [1.165, 1.54) is 167 Å². The SMILES string of the molecule is CCCCCCCCc1cc(CCCCCC)cc(C2=CC(CCCC)=C(c3cc(CCCCCC)cc(CCCCCCCC)c3)[N+]2=[N-])c1. The van der Waals surface area contributed by atoms with Gasteiger partial charge in [0.05, 0.1) is 0 Å². The largest absolute Gasteiger partial charge is 0.493 e. The fourth-order valence-electron chi connectivity index (χ4n) is 7.74. The first-order valence-corrected chi connectivity index (χ1v) is 21.7. The van der Waals surface area contributed by atoms with E-state index in [9.17, 15) is 5.53 Å². The Balaban J connectivity index is 1.92. The van der Waals surface area contributed by atoms with Gasteiger partial charge < -0.3 is 5.53 Å². The third kappa shape index (κ3) is 15.0. The molecule has 0 saturated heterocycles. The van der Waals surface area contributed by atoms with E-state index in [4.69, 9.17) is 0 Å². The van der Waals surface area contributed by atoms with Crippen LogP contribution >= 0.6 is 0 Å². The first-order valence-electron chi connectivity index (χ1n) is 21.7. The highest BCUT2D eigenvalue weighted by Crippen LogP contribution is 2.39. The first-order chi connectivity index (χ1) is 24.5. The van der Waals surface area contributed by atoms with Crippen molar-refractivity contribution >= 4 is 11.4 Å². The van der Waals surface area contributed by atoms with Crippen molar-refractivity contribution in [1.82, 2.24) is 0 Å². The number of unbranched alkanes of at least 4 members (excludes halogenated alkanes) is 17. The summed E-state index contributed by atoms with van der Waals surface area (Å²) in [7, 11) is 0. The number of aryl methyl sites for hydroxylation is 4. The first kappa shape index (κ1) is 41.9. The average Bonchev–Trinajstić information content (AvgIpc) is 3.46. The Labute approximate surface area is 310 Å². The lowest BCUT2D eigenvalue weighted by molar-refractivity contribution is -0.344. The van der Waals surface area contributed by atoms with Crippen LogP contribution in [0.25, 0.3) is 16.9 Å².